The number of carbonyl (C=O) groups excluding carboxylic acids is 1. The van der Waals surface area contributed by atoms with Gasteiger partial charge in [-0.25, -0.2) is 4.79 Å². The van der Waals surface area contributed by atoms with Crippen LogP contribution in [0.3, 0.4) is 0 Å². The minimum absolute atomic E-state index is 0.207. The third kappa shape index (κ3) is 2.62. The number of hydrogen-bond donors (Lipinski definition) is 1. The van der Waals surface area contributed by atoms with Crippen LogP contribution < -0.4 is 0 Å². The third-order valence-corrected chi connectivity index (χ3v) is 3.88. The summed E-state index contributed by atoms with van der Waals surface area (Å²) in [6.45, 7) is 3.33. The first-order valence-electron chi connectivity index (χ1n) is 7.51. The summed E-state index contributed by atoms with van der Waals surface area (Å²) in [5, 5.41) is 11.5. The molecule has 0 aliphatic heterocycles. The molecule has 2 aromatic carbocycles. The maximum absolute atomic E-state index is 12.1. The standard InChI is InChI=1S/C19H18O4/c1-3-22-18(20)19(2,21)16-11-7-10-14-15(12-23-17(14)16)13-8-5-4-6-9-13/h4-12,21H,3H2,1-2H3/t19-/m0/s1. The van der Waals surface area contributed by atoms with E-state index in [0.717, 1.165) is 16.5 Å². The number of benzene rings is 2. The van der Waals surface area contributed by atoms with Crippen LogP contribution in [-0.2, 0) is 15.1 Å². The van der Waals surface area contributed by atoms with Crippen LogP contribution in [0.1, 0.15) is 19.4 Å². The molecule has 0 bridgehead atoms. The normalized spacial score (nSPS) is 13.7. The average molecular weight is 310 g/mol. The van der Waals surface area contributed by atoms with E-state index in [0.29, 0.717) is 11.1 Å². The Morgan fingerprint density at radius 1 is 1.17 bits per heavy atom. The first-order chi connectivity index (χ1) is 11.1. The topological polar surface area (TPSA) is 59.7 Å². The van der Waals surface area contributed by atoms with Gasteiger partial charge in [0.1, 0.15) is 5.58 Å². The van der Waals surface area contributed by atoms with Gasteiger partial charge in [-0.05, 0) is 19.4 Å². The van der Waals surface area contributed by atoms with Crippen LogP contribution in [0, 0.1) is 0 Å². The SMILES string of the molecule is CCOC(=O)[C@@](C)(O)c1cccc2c(-c3ccccc3)coc12. The molecule has 0 aliphatic rings. The van der Waals surface area contributed by atoms with E-state index >= 15 is 0 Å². The van der Waals surface area contributed by atoms with Crippen molar-refractivity contribution in [3.63, 3.8) is 0 Å². The van der Waals surface area contributed by atoms with Crippen LogP contribution in [0.15, 0.2) is 59.2 Å². The predicted molar refractivity (Wildman–Crippen MR) is 87.9 cm³/mol. The highest BCUT2D eigenvalue weighted by atomic mass is 16.5. The van der Waals surface area contributed by atoms with Gasteiger partial charge in [-0.2, -0.15) is 0 Å². The van der Waals surface area contributed by atoms with Crippen molar-refractivity contribution in [2.45, 2.75) is 19.4 Å². The summed E-state index contributed by atoms with van der Waals surface area (Å²) in [6.07, 6.45) is 1.64. The van der Waals surface area contributed by atoms with Crippen molar-refractivity contribution in [2.75, 3.05) is 6.61 Å². The number of ether oxygens (including phenoxy) is 1. The van der Waals surface area contributed by atoms with E-state index in [-0.39, 0.29) is 6.61 Å². The lowest BCUT2D eigenvalue weighted by molar-refractivity contribution is -0.164. The Morgan fingerprint density at radius 3 is 2.61 bits per heavy atom. The summed E-state index contributed by atoms with van der Waals surface area (Å²) in [7, 11) is 0. The molecule has 4 heteroatoms. The number of fused-ring (bicyclic) bond motifs is 1. The molecule has 0 spiro atoms. The number of carbonyl (C=O) groups is 1. The highest BCUT2D eigenvalue weighted by Crippen LogP contribution is 2.36. The molecule has 0 unspecified atom stereocenters. The second-order valence-electron chi connectivity index (χ2n) is 5.49. The van der Waals surface area contributed by atoms with Crippen LogP contribution in [0.4, 0.5) is 0 Å². The molecule has 0 saturated heterocycles. The van der Waals surface area contributed by atoms with Crippen LogP contribution in [-0.4, -0.2) is 17.7 Å². The maximum Gasteiger partial charge on any atom is 0.342 e. The molecular formula is C19H18O4. The highest BCUT2D eigenvalue weighted by Gasteiger charge is 2.37. The molecule has 0 radical (unpaired) electrons. The molecule has 0 saturated carbocycles. The van der Waals surface area contributed by atoms with Crippen molar-refractivity contribution < 1.29 is 19.1 Å². The van der Waals surface area contributed by atoms with E-state index in [1.165, 1.54) is 6.92 Å². The molecule has 0 aliphatic carbocycles. The lowest BCUT2D eigenvalue weighted by Crippen LogP contribution is -2.34. The van der Waals surface area contributed by atoms with Gasteiger partial charge in [0.25, 0.3) is 0 Å². The summed E-state index contributed by atoms with van der Waals surface area (Å²) in [6, 6.07) is 15.2. The summed E-state index contributed by atoms with van der Waals surface area (Å²) < 4.78 is 10.7. The summed E-state index contributed by atoms with van der Waals surface area (Å²) in [5.41, 5.74) is 1.06. The van der Waals surface area contributed by atoms with Crippen LogP contribution in [0.2, 0.25) is 0 Å². The van der Waals surface area contributed by atoms with Gasteiger partial charge < -0.3 is 14.3 Å². The van der Waals surface area contributed by atoms with Crippen molar-refractivity contribution in [1.29, 1.82) is 0 Å². The van der Waals surface area contributed by atoms with Gasteiger partial charge in [0.2, 0.25) is 0 Å². The minimum Gasteiger partial charge on any atom is -0.464 e. The molecule has 1 N–H and O–H groups in total. The smallest absolute Gasteiger partial charge is 0.342 e. The maximum atomic E-state index is 12.1. The number of rotatable bonds is 4. The van der Waals surface area contributed by atoms with Crippen molar-refractivity contribution in [3.05, 3.63) is 60.4 Å². The van der Waals surface area contributed by atoms with Crippen LogP contribution in [0.25, 0.3) is 22.1 Å². The lowest BCUT2D eigenvalue weighted by Gasteiger charge is -2.21. The Labute approximate surface area is 134 Å². The Hall–Kier alpha value is -2.59. The number of aliphatic hydroxyl groups is 1. The van der Waals surface area contributed by atoms with Crippen molar-refractivity contribution in [2.24, 2.45) is 0 Å². The molecule has 3 rings (SSSR count). The Balaban J connectivity index is 2.15. The number of hydrogen-bond acceptors (Lipinski definition) is 4. The van der Waals surface area contributed by atoms with E-state index in [4.69, 9.17) is 9.15 Å². The fourth-order valence-corrected chi connectivity index (χ4v) is 2.66. The van der Waals surface area contributed by atoms with Crippen LogP contribution in [0.5, 0.6) is 0 Å². The second kappa shape index (κ2) is 5.89. The fraction of sp³-hybridized carbons (Fsp3) is 0.211. The number of furan rings is 1. The third-order valence-electron chi connectivity index (χ3n) is 3.88. The monoisotopic (exact) mass is 310 g/mol. The highest BCUT2D eigenvalue weighted by molar-refractivity contribution is 5.98. The van der Waals surface area contributed by atoms with E-state index in [2.05, 4.69) is 0 Å². The molecule has 3 aromatic rings. The van der Waals surface area contributed by atoms with Crippen LogP contribution >= 0.6 is 0 Å². The van der Waals surface area contributed by atoms with Gasteiger partial charge in [0.15, 0.2) is 5.60 Å². The second-order valence-corrected chi connectivity index (χ2v) is 5.49. The van der Waals surface area contributed by atoms with E-state index in [9.17, 15) is 9.90 Å². The van der Waals surface area contributed by atoms with E-state index in [1.807, 2.05) is 36.4 Å². The van der Waals surface area contributed by atoms with Gasteiger partial charge in [-0.1, -0.05) is 48.5 Å². The summed E-state index contributed by atoms with van der Waals surface area (Å²) in [5.74, 6) is -0.690. The van der Waals surface area contributed by atoms with Gasteiger partial charge in [0, 0.05) is 16.5 Å². The largest absolute Gasteiger partial charge is 0.464 e. The molecule has 0 amide bonds. The van der Waals surface area contributed by atoms with Crippen molar-refractivity contribution in [3.8, 4) is 11.1 Å². The summed E-state index contributed by atoms with van der Waals surface area (Å²) >= 11 is 0. The molecule has 1 atom stereocenters. The van der Waals surface area contributed by atoms with E-state index < -0.39 is 11.6 Å². The number of esters is 1. The summed E-state index contributed by atoms with van der Waals surface area (Å²) in [4.78, 5) is 12.1. The molecule has 1 heterocycles. The molecule has 118 valence electrons. The molecule has 4 nitrogen and oxygen atoms in total. The zero-order chi connectivity index (χ0) is 16.4. The first kappa shape index (κ1) is 15.3. The van der Waals surface area contributed by atoms with Gasteiger partial charge in [-0.3, -0.25) is 0 Å². The fourth-order valence-electron chi connectivity index (χ4n) is 2.66. The number of para-hydroxylation sites is 1. The van der Waals surface area contributed by atoms with Gasteiger partial charge in [-0.15, -0.1) is 0 Å². The quantitative estimate of drug-likeness (QED) is 0.743. The molecular weight excluding hydrogens is 292 g/mol. The first-order valence-corrected chi connectivity index (χ1v) is 7.51. The predicted octanol–water partition coefficient (Wildman–Crippen LogP) is 3.87. The molecule has 1 aromatic heterocycles. The Morgan fingerprint density at radius 2 is 1.91 bits per heavy atom. The zero-order valence-corrected chi connectivity index (χ0v) is 13.1. The lowest BCUT2D eigenvalue weighted by atomic mass is 9.93. The molecule has 0 fully saturated rings. The molecule has 23 heavy (non-hydrogen) atoms. The van der Waals surface area contributed by atoms with E-state index in [1.54, 1.807) is 25.3 Å². The Bertz CT molecular complexity index is 831. The van der Waals surface area contributed by atoms with Crippen molar-refractivity contribution in [1.82, 2.24) is 0 Å². The van der Waals surface area contributed by atoms with Gasteiger partial charge in [0.05, 0.1) is 12.9 Å². The van der Waals surface area contributed by atoms with Crippen molar-refractivity contribution >= 4 is 16.9 Å². The van der Waals surface area contributed by atoms with Gasteiger partial charge >= 0.3 is 5.97 Å². The average Bonchev–Trinajstić information content (AvgIpc) is 2.99. The Kier molecular flexibility index (Phi) is 3.92. The zero-order valence-electron chi connectivity index (χ0n) is 13.1. The minimum atomic E-state index is -1.76.